The van der Waals surface area contributed by atoms with Crippen molar-refractivity contribution in [2.75, 3.05) is 13.2 Å². The molecular weight excluding hydrogens is 248 g/mol. The minimum Gasteiger partial charge on any atom is -0.484 e. The molecule has 4 N–H and O–H groups in total. The Bertz CT molecular complexity index is 427. The first-order valence-electron chi connectivity index (χ1n) is 5.99. The highest BCUT2D eigenvalue weighted by Crippen LogP contribution is 2.12. The van der Waals surface area contributed by atoms with E-state index < -0.39 is 5.91 Å². The van der Waals surface area contributed by atoms with Gasteiger partial charge in [-0.15, -0.1) is 0 Å². The van der Waals surface area contributed by atoms with Crippen LogP contribution in [-0.2, 0) is 4.79 Å². The maximum atomic E-state index is 11.8. The smallest absolute Gasteiger partial charge is 0.255 e. The zero-order valence-electron chi connectivity index (χ0n) is 10.8. The molecule has 0 radical (unpaired) electrons. The SMILES string of the molecule is CC[C@H](CO)NC(=O)c1ccc(OCC(N)=O)cc1. The number of hydrogen-bond donors (Lipinski definition) is 3. The second-order valence-corrected chi connectivity index (χ2v) is 4.04. The van der Waals surface area contributed by atoms with Crippen LogP contribution in [0.15, 0.2) is 24.3 Å². The van der Waals surface area contributed by atoms with Crippen molar-refractivity contribution in [1.29, 1.82) is 0 Å². The lowest BCUT2D eigenvalue weighted by molar-refractivity contribution is -0.119. The van der Waals surface area contributed by atoms with Gasteiger partial charge in [0.25, 0.3) is 11.8 Å². The molecule has 0 bridgehead atoms. The molecule has 6 heteroatoms. The lowest BCUT2D eigenvalue weighted by atomic mass is 10.1. The van der Waals surface area contributed by atoms with Crippen LogP contribution in [0.1, 0.15) is 23.7 Å². The van der Waals surface area contributed by atoms with Crippen LogP contribution in [0, 0.1) is 0 Å². The maximum Gasteiger partial charge on any atom is 0.255 e. The van der Waals surface area contributed by atoms with Gasteiger partial charge in [-0.2, -0.15) is 0 Å². The summed E-state index contributed by atoms with van der Waals surface area (Å²) >= 11 is 0. The number of carbonyl (C=O) groups is 2. The molecule has 0 heterocycles. The quantitative estimate of drug-likeness (QED) is 0.649. The van der Waals surface area contributed by atoms with Crippen LogP contribution in [0.4, 0.5) is 0 Å². The zero-order valence-corrected chi connectivity index (χ0v) is 10.8. The minimum atomic E-state index is -0.560. The zero-order chi connectivity index (χ0) is 14.3. The molecule has 1 rings (SSSR count). The number of nitrogens with two attached hydrogens (primary N) is 1. The van der Waals surface area contributed by atoms with E-state index in [0.29, 0.717) is 17.7 Å². The van der Waals surface area contributed by atoms with Gasteiger partial charge in [-0.3, -0.25) is 9.59 Å². The fraction of sp³-hybridized carbons (Fsp3) is 0.385. The van der Waals surface area contributed by atoms with Crippen molar-refractivity contribution in [3.8, 4) is 5.75 Å². The highest BCUT2D eigenvalue weighted by Gasteiger charge is 2.11. The first kappa shape index (κ1) is 15.0. The number of nitrogens with one attached hydrogen (secondary N) is 1. The molecule has 0 aliphatic rings. The normalized spacial score (nSPS) is 11.7. The summed E-state index contributed by atoms with van der Waals surface area (Å²) in [6.45, 7) is 1.58. The fourth-order valence-electron chi connectivity index (χ4n) is 1.40. The maximum absolute atomic E-state index is 11.8. The first-order valence-corrected chi connectivity index (χ1v) is 5.99. The summed E-state index contributed by atoms with van der Waals surface area (Å²) in [6, 6.07) is 6.07. The van der Waals surface area contributed by atoms with E-state index in [-0.39, 0.29) is 25.2 Å². The largest absolute Gasteiger partial charge is 0.484 e. The van der Waals surface area contributed by atoms with Gasteiger partial charge in [0, 0.05) is 5.56 Å². The third-order valence-corrected chi connectivity index (χ3v) is 2.55. The molecule has 0 saturated carbocycles. The molecule has 0 aliphatic carbocycles. The number of amides is 2. The summed E-state index contributed by atoms with van der Waals surface area (Å²) in [5.41, 5.74) is 5.41. The van der Waals surface area contributed by atoms with E-state index in [1.807, 2.05) is 6.92 Å². The number of carbonyl (C=O) groups excluding carboxylic acids is 2. The standard InChI is InChI=1S/C13H18N2O4/c1-2-10(7-16)15-13(18)9-3-5-11(6-4-9)19-8-12(14)17/h3-6,10,16H,2,7-8H2,1H3,(H2,14,17)(H,15,18)/t10-/m1/s1. The van der Waals surface area contributed by atoms with Gasteiger partial charge >= 0.3 is 0 Å². The van der Waals surface area contributed by atoms with E-state index in [1.165, 1.54) is 0 Å². The molecule has 0 saturated heterocycles. The van der Waals surface area contributed by atoms with Gasteiger partial charge in [-0.05, 0) is 30.7 Å². The van der Waals surface area contributed by atoms with Gasteiger partial charge < -0.3 is 20.9 Å². The van der Waals surface area contributed by atoms with E-state index >= 15 is 0 Å². The first-order chi connectivity index (χ1) is 9.06. The predicted molar refractivity (Wildman–Crippen MR) is 69.8 cm³/mol. The molecule has 6 nitrogen and oxygen atoms in total. The number of aliphatic hydroxyl groups excluding tert-OH is 1. The van der Waals surface area contributed by atoms with Crippen LogP contribution in [-0.4, -0.2) is 36.2 Å². The molecule has 19 heavy (non-hydrogen) atoms. The predicted octanol–water partition coefficient (Wildman–Crippen LogP) is 0.0514. The van der Waals surface area contributed by atoms with Crippen LogP contribution in [0.25, 0.3) is 0 Å². The number of primary amides is 1. The van der Waals surface area contributed by atoms with E-state index in [2.05, 4.69) is 5.32 Å². The summed E-state index contributed by atoms with van der Waals surface area (Å²) in [5.74, 6) is -0.359. The van der Waals surface area contributed by atoms with Gasteiger partial charge in [0.05, 0.1) is 12.6 Å². The molecule has 0 fully saturated rings. The second-order valence-electron chi connectivity index (χ2n) is 4.04. The molecule has 104 valence electrons. The number of ether oxygens (including phenoxy) is 1. The van der Waals surface area contributed by atoms with Gasteiger partial charge in [-0.25, -0.2) is 0 Å². The Morgan fingerprint density at radius 2 is 2.00 bits per heavy atom. The summed E-state index contributed by atoms with van der Waals surface area (Å²) in [6.07, 6.45) is 0.655. The molecule has 1 atom stereocenters. The average molecular weight is 266 g/mol. The summed E-state index contributed by atoms with van der Waals surface area (Å²) in [4.78, 5) is 22.4. The van der Waals surface area contributed by atoms with Gasteiger partial charge in [0.1, 0.15) is 5.75 Å². The minimum absolute atomic E-state index is 0.0952. The highest BCUT2D eigenvalue weighted by molar-refractivity contribution is 5.94. The molecule has 0 spiro atoms. The molecule has 0 aliphatic heterocycles. The van der Waals surface area contributed by atoms with Crippen LogP contribution >= 0.6 is 0 Å². The fourth-order valence-corrected chi connectivity index (χ4v) is 1.40. The Labute approximate surface area is 111 Å². The van der Waals surface area contributed by atoms with Crippen molar-refractivity contribution in [3.05, 3.63) is 29.8 Å². The van der Waals surface area contributed by atoms with Gasteiger partial charge in [0.2, 0.25) is 0 Å². The summed E-state index contributed by atoms with van der Waals surface area (Å²) < 4.78 is 5.08. The molecule has 0 aromatic heterocycles. The summed E-state index contributed by atoms with van der Waals surface area (Å²) in [7, 11) is 0. The molecule has 1 aromatic carbocycles. The lowest BCUT2D eigenvalue weighted by Crippen LogP contribution is -2.36. The Hall–Kier alpha value is -2.08. The monoisotopic (exact) mass is 266 g/mol. The van der Waals surface area contributed by atoms with Crippen molar-refractivity contribution >= 4 is 11.8 Å². The Morgan fingerprint density at radius 1 is 1.37 bits per heavy atom. The Kier molecular flexibility index (Phi) is 5.81. The number of rotatable bonds is 7. The van der Waals surface area contributed by atoms with E-state index in [1.54, 1.807) is 24.3 Å². The molecule has 1 aromatic rings. The van der Waals surface area contributed by atoms with E-state index in [9.17, 15) is 9.59 Å². The van der Waals surface area contributed by atoms with Crippen molar-refractivity contribution < 1.29 is 19.4 Å². The molecular formula is C13H18N2O4. The molecule has 0 unspecified atom stereocenters. The van der Waals surface area contributed by atoms with E-state index in [0.717, 1.165) is 0 Å². The van der Waals surface area contributed by atoms with Crippen LogP contribution < -0.4 is 15.8 Å². The van der Waals surface area contributed by atoms with Gasteiger partial charge in [-0.1, -0.05) is 6.92 Å². The van der Waals surface area contributed by atoms with Crippen molar-refractivity contribution in [2.24, 2.45) is 5.73 Å². The Morgan fingerprint density at radius 3 is 2.47 bits per heavy atom. The Balaban J connectivity index is 2.60. The molecule has 2 amide bonds. The second kappa shape index (κ2) is 7.38. The van der Waals surface area contributed by atoms with E-state index in [4.69, 9.17) is 15.6 Å². The highest BCUT2D eigenvalue weighted by atomic mass is 16.5. The summed E-state index contributed by atoms with van der Waals surface area (Å²) in [5, 5.41) is 11.7. The number of benzene rings is 1. The lowest BCUT2D eigenvalue weighted by Gasteiger charge is -2.14. The van der Waals surface area contributed by atoms with Crippen LogP contribution in [0.3, 0.4) is 0 Å². The van der Waals surface area contributed by atoms with Crippen LogP contribution in [0.2, 0.25) is 0 Å². The van der Waals surface area contributed by atoms with Crippen molar-refractivity contribution in [3.63, 3.8) is 0 Å². The third kappa shape index (κ3) is 4.97. The number of hydrogen-bond acceptors (Lipinski definition) is 4. The number of aliphatic hydroxyl groups is 1. The van der Waals surface area contributed by atoms with Crippen molar-refractivity contribution in [1.82, 2.24) is 5.32 Å². The third-order valence-electron chi connectivity index (χ3n) is 2.55. The van der Waals surface area contributed by atoms with Crippen molar-refractivity contribution in [2.45, 2.75) is 19.4 Å². The topological polar surface area (TPSA) is 102 Å². The average Bonchev–Trinajstić information content (AvgIpc) is 2.42. The van der Waals surface area contributed by atoms with Gasteiger partial charge in [0.15, 0.2) is 6.61 Å². The van der Waals surface area contributed by atoms with Crippen LogP contribution in [0.5, 0.6) is 5.75 Å².